The van der Waals surface area contributed by atoms with Gasteiger partial charge in [-0.3, -0.25) is 9.69 Å². The molecule has 1 saturated heterocycles. The Balaban J connectivity index is 1.17. The van der Waals surface area contributed by atoms with E-state index in [4.69, 9.17) is 4.74 Å². The molecule has 0 atom stereocenters. The number of anilines is 1. The van der Waals surface area contributed by atoms with E-state index in [0.29, 0.717) is 6.61 Å². The van der Waals surface area contributed by atoms with Gasteiger partial charge in [-0.15, -0.1) is 0 Å². The Morgan fingerprint density at radius 1 is 1.00 bits per heavy atom. The molecule has 2 heterocycles. The van der Waals surface area contributed by atoms with Crippen molar-refractivity contribution < 1.29 is 14.6 Å². The normalized spacial score (nSPS) is 17.0. The first-order chi connectivity index (χ1) is 15.2. The summed E-state index contributed by atoms with van der Waals surface area (Å²) < 4.78 is 5.92. The second kappa shape index (κ2) is 10.2. The number of piperazine rings is 1. The lowest BCUT2D eigenvalue weighted by molar-refractivity contribution is 0.0780. The number of carbonyl (C=O) groups excluding carboxylic acids is 1. The minimum absolute atomic E-state index is 0.0888. The molecule has 6 nitrogen and oxygen atoms in total. The SMILES string of the molecule is CN1CCc2ccc(OCCCCN3CCN(c4ccccc4CO)CC3)cc2C1=O. The van der Waals surface area contributed by atoms with Crippen LogP contribution < -0.4 is 9.64 Å². The van der Waals surface area contributed by atoms with E-state index in [0.717, 1.165) is 86.7 Å². The van der Waals surface area contributed by atoms with Crippen molar-refractivity contribution in [1.29, 1.82) is 0 Å². The van der Waals surface area contributed by atoms with E-state index in [-0.39, 0.29) is 12.5 Å². The summed E-state index contributed by atoms with van der Waals surface area (Å²) in [5, 5.41) is 9.57. The van der Waals surface area contributed by atoms with Gasteiger partial charge in [0.25, 0.3) is 5.91 Å². The fourth-order valence-electron chi connectivity index (χ4n) is 4.45. The van der Waals surface area contributed by atoms with E-state index in [2.05, 4.69) is 15.9 Å². The summed E-state index contributed by atoms with van der Waals surface area (Å²) in [5.74, 6) is 0.881. The number of amides is 1. The molecule has 166 valence electrons. The zero-order valence-electron chi connectivity index (χ0n) is 18.4. The quantitative estimate of drug-likeness (QED) is 0.662. The summed E-state index contributed by atoms with van der Waals surface area (Å²) in [4.78, 5) is 19.0. The van der Waals surface area contributed by atoms with E-state index in [9.17, 15) is 9.90 Å². The number of ether oxygens (including phenoxy) is 1. The van der Waals surface area contributed by atoms with Gasteiger partial charge in [-0.2, -0.15) is 0 Å². The molecule has 0 unspecified atom stereocenters. The molecule has 0 radical (unpaired) electrons. The Kier molecular flexibility index (Phi) is 7.10. The molecule has 2 aromatic carbocycles. The van der Waals surface area contributed by atoms with Crippen LogP contribution in [-0.4, -0.2) is 73.7 Å². The van der Waals surface area contributed by atoms with Crippen molar-refractivity contribution in [3.63, 3.8) is 0 Å². The molecule has 0 aromatic heterocycles. The molecular formula is C25H33N3O3. The number of nitrogens with zero attached hydrogens (tertiary/aromatic N) is 3. The van der Waals surface area contributed by atoms with Gasteiger partial charge in [-0.05, 0) is 49.6 Å². The number of rotatable bonds is 8. The first-order valence-corrected chi connectivity index (χ1v) is 11.3. The van der Waals surface area contributed by atoms with Crippen LogP contribution in [0.15, 0.2) is 42.5 Å². The lowest BCUT2D eigenvalue weighted by Crippen LogP contribution is -2.47. The van der Waals surface area contributed by atoms with Crippen LogP contribution in [0.2, 0.25) is 0 Å². The van der Waals surface area contributed by atoms with Gasteiger partial charge in [0.1, 0.15) is 5.75 Å². The van der Waals surface area contributed by atoms with E-state index in [1.54, 1.807) is 4.90 Å². The van der Waals surface area contributed by atoms with Gasteiger partial charge >= 0.3 is 0 Å². The minimum Gasteiger partial charge on any atom is -0.494 e. The van der Waals surface area contributed by atoms with Crippen molar-refractivity contribution in [2.45, 2.75) is 25.9 Å². The number of fused-ring (bicyclic) bond motifs is 1. The fourth-order valence-corrected chi connectivity index (χ4v) is 4.45. The summed E-state index contributed by atoms with van der Waals surface area (Å²) in [7, 11) is 1.85. The molecule has 1 N–H and O–H groups in total. The summed E-state index contributed by atoms with van der Waals surface area (Å²) in [5.41, 5.74) is 4.07. The Hall–Kier alpha value is -2.57. The number of hydrogen-bond donors (Lipinski definition) is 1. The number of aliphatic hydroxyl groups is 1. The maximum Gasteiger partial charge on any atom is 0.254 e. The molecule has 2 aliphatic rings. The standard InChI is InChI=1S/C25H33N3O3/c1-26-12-10-20-8-9-22(18-23(20)25(26)30)31-17-5-4-11-27-13-15-28(16-14-27)24-7-3-2-6-21(24)19-29/h2-3,6-9,18,29H,4-5,10-17,19H2,1H3. The average Bonchev–Trinajstić information content (AvgIpc) is 2.82. The topological polar surface area (TPSA) is 56.3 Å². The maximum atomic E-state index is 12.3. The Morgan fingerprint density at radius 2 is 1.81 bits per heavy atom. The number of para-hydroxylation sites is 1. The van der Waals surface area contributed by atoms with Gasteiger partial charge in [0, 0.05) is 56.6 Å². The summed E-state index contributed by atoms with van der Waals surface area (Å²) >= 11 is 0. The molecule has 1 amide bonds. The molecule has 0 saturated carbocycles. The highest BCUT2D eigenvalue weighted by Gasteiger charge is 2.22. The van der Waals surface area contributed by atoms with Crippen molar-refractivity contribution >= 4 is 11.6 Å². The molecule has 0 aliphatic carbocycles. The third-order valence-electron chi connectivity index (χ3n) is 6.39. The number of benzene rings is 2. The maximum absolute atomic E-state index is 12.3. The molecule has 4 rings (SSSR count). The number of carbonyl (C=O) groups is 1. The van der Waals surface area contributed by atoms with Crippen LogP contribution in [0, 0.1) is 0 Å². The predicted molar refractivity (Wildman–Crippen MR) is 123 cm³/mol. The molecule has 6 heteroatoms. The molecule has 2 aromatic rings. The van der Waals surface area contributed by atoms with Gasteiger partial charge in [0.15, 0.2) is 0 Å². The van der Waals surface area contributed by atoms with Crippen molar-refractivity contribution in [3.05, 3.63) is 59.2 Å². The van der Waals surface area contributed by atoms with Crippen LogP contribution in [0.5, 0.6) is 5.75 Å². The lowest BCUT2D eigenvalue weighted by Gasteiger charge is -2.37. The second-order valence-electron chi connectivity index (χ2n) is 8.47. The van der Waals surface area contributed by atoms with Crippen LogP contribution in [0.1, 0.15) is 34.3 Å². The van der Waals surface area contributed by atoms with Gasteiger partial charge in [-0.1, -0.05) is 24.3 Å². The highest BCUT2D eigenvalue weighted by molar-refractivity contribution is 5.97. The van der Waals surface area contributed by atoms with Crippen molar-refractivity contribution in [2.24, 2.45) is 0 Å². The van der Waals surface area contributed by atoms with Gasteiger partial charge in [0.05, 0.1) is 13.2 Å². The van der Waals surface area contributed by atoms with E-state index in [1.807, 2.05) is 43.4 Å². The van der Waals surface area contributed by atoms with Crippen LogP contribution >= 0.6 is 0 Å². The first-order valence-electron chi connectivity index (χ1n) is 11.3. The summed E-state index contributed by atoms with van der Waals surface area (Å²) in [6, 6.07) is 14.0. The molecule has 0 bridgehead atoms. The first kappa shape index (κ1) is 21.7. The smallest absolute Gasteiger partial charge is 0.254 e. The number of unbranched alkanes of at least 4 members (excludes halogenated alkanes) is 1. The molecule has 31 heavy (non-hydrogen) atoms. The van der Waals surface area contributed by atoms with Crippen LogP contribution in [0.3, 0.4) is 0 Å². The zero-order chi connectivity index (χ0) is 21.6. The van der Waals surface area contributed by atoms with Gasteiger partial charge in [-0.25, -0.2) is 0 Å². The van der Waals surface area contributed by atoms with Crippen LogP contribution in [0.4, 0.5) is 5.69 Å². The zero-order valence-corrected chi connectivity index (χ0v) is 18.4. The third-order valence-corrected chi connectivity index (χ3v) is 6.39. The largest absolute Gasteiger partial charge is 0.494 e. The highest BCUT2D eigenvalue weighted by atomic mass is 16.5. The molecule has 0 spiro atoms. The van der Waals surface area contributed by atoms with E-state index >= 15 is 0 Å². The Bertz CT molecular complexity index is 893. The average molecular weight is 424 g/mol. The molecular weight excluding hydrogens is 390 g/mol. The van der Waals surface area contributed by atoms with Gasteiger partial charge < -0.3 is 19.6 Å². The highest BCUT2D eigenvalue weighted by Crippen LogP contribution is 2.24. The van der Waals surface area contributed by atoms with E-state index < -0.39 is 0 Å². The summed E-state index contributed by atoms with van der Waals surface area (Å²) in [6.45, 7) is 6.69. The van der Waals surface area contributed by atoms with Gasteiger partial charge in [0.2, 0.25) is 0 Å². The van der Waals surface area contributed by atoms with Crippen molar-refractivity contribution in [2.75, 3.05) is 57.8 Å². The molecule has 2 aliphatic heterocycles. The Morgan fingerprint density at radius 3 is 2.61 bits per heavy atom. The second-order valence-corrected chi connectivity index (χ2v) is 8.47. The molecule has 1 fully saturated rings. The van der Waals surface area contributed by atoms with E-state index in [1.165, 1.54) is 0 Å². The number of hydrogen-bond acceptors (Lipinski definition) is 5. The predicted octanol–water partition coefficient (Wildman–Crippen LogP) is 2.79. The van der Waals surface area contributed by atoms with Crippen LogP contribution in [-0.2, 0) is 13.0 Å². The monoisotopic (exact) mass is 423 g/mol. The van der Waals surface area contributed by atoms with Crippen molar-refractivity contribution in [3.8, 4) is 5.75 Å². The lowest BCUT2D eigenvalue weighted by atomic mass is 9.99. The van der Waals surface area contributed by atoms with Crippen LogP contribution in [0.25, 0.3) is 0 Å². The number of likely N-dealkylation sites (N-methyl/N-ethyl adjacent to an activating group) is 1. The fraction of sp³-hybridized carbons (Fsp3) is 0.480. The third kappa shape index (κ3) is 5.20. The van der Waals surface area contributed by atoms with Crippen molar-refractivity contribution in [1.82, 2.24) is 9.80 Å². The Labute approximate surface area is 185 Å². The number of aliphatic hydroxyl groups excluding tert-OH is 1. The summed E-state index contributed by atoms with van der Waals surface area (Å²) in [6.07, 6.45) is 3.01. The minimum atomic E-state index is 0.0888.